The highest BCUT2D eigenvalue weighted by Gasteiger charge is 2.40. The van der Waals surface area contributed by atoms with Gasteiger partial charge in [-0.15, -0.1) is 0 Å². The lowest BCUT2D eigenvalue weighted by Gasteiger charge is -2.38. The van der Waals surface area contributed by atoms with E-state index in [0.29, 0.717) is 5.92 Å². The van der Waals surface area contributed by atoms with Crippen molar-refractivity contribution in [3.63, 3.8) is 0 Å². The first-order valence-corrected chi connectivity index (χ1v) is 10.6. The van der Waals surface area contributed by atoms with E-state index in [4.69, 9.17) is 0 Å². The number of aliphatic hydroxyl groups excluding tert-OH is 1. The normalized spacial score (nSPS) is 28.5. The van der Waals surface area contributed by atoms with Gasteiger partial charge in [-0.3, -0.25) is 9.80 Å². The summed E-state index contributed by atoms with van der Waals surface area (Å²) in [5.41, 5.74) is 2.68. The van der Waals surface area contributed by atoms with Crippen LogP contribution in [0.4, 0.5) is 0 Å². The van der Waals surface area contributed by atoms with Crippen LogP contribution >= 0.6 is 0 Å². The molecule has 1 aromatic rings. The van der Waals surface area contributed by atoms with Crippen LogP contribution in [0.25, 0.3) is 0 Å². The largest absolute Gasteiger partial charge is 0.390 e. The molecule has 2 aliphatic rings. The van der Waals surface area contributed by atoms with Gasteiger partial charge in [0.2, 0.25) is 0 Å². The molecule has 0 amide bonds. The Kier molecular flexibility index (Phi) is 5.30. The van der Waals surface area contributed by atoms with Gasteiger partial charge in [0.05, 0.1) is 23.7 Å². The fourth-order valence-corrected chi connectivity index (χ4v) is 5.51. The Balaban J connectivity index is 1.52. The first-order chi connectivity index (χ1) is 11.3. The maximum Gasteiger partial charge on any atom is 0.154 e. The first-order valence-electron chi connectivity index (χ1n) is 8.78. The number of piperazine rings is 1. The first kappa shape index (κ1) is 17.9. The van der Waals surface area contributed by atoms with E-state index in [1.165, 1.54) is 11.1 Å². The summed E-state index contributed by atoms with van der Waals surface area (Å²) in [5, 5.41) is 10.0. The molecule has 1 N–H and O–H groups in total. The summed E-state index contributed by atoms with van der Waals surface area (Å²) in [5.74, 6) is 0.571. The third-order valence-electron chi connectivity index (χ3n) is 5.22. The molecule has 5 nitrogen and oxygen atoms in total. The van der Waals surface area contributed by atoms with Crippen LogP contribution in [-0.4, -0.2) is 73.2 Å². The number of benzene rings is 1. The van der Waals surface area contributed by atoms with Crippen molar-refractivity contribution in [3.8, 4) is 0 Å². The predicted molar refractivity (Wildman–Crippen MR) is 95.8 cm³/mol. The number of nitrogens with zero attached hydrogens (tertiary/aromatic N) is 2. The van der Waals surface area contributed by atoms with E-state index >= 15 is 0 Å². The molecule has 2 saturated heterocycles. The summed E-state index contributed by atoms with van der Waals surface area (Å²) in [6.45, 7) is 8.79. The SMILES string of the molecule is CC(C)c1ccc(CN2CCN([C@@H]3CS(=O)(=O)C[C@@H]3O)CC2)cc1. The molecule has 2 fully saturated rings. The van der Waals surface area contributed by atoms with Crippen molar-refractivity contribution in [2.45, 2.75) is 38.5 Å². The van der Waals surface area contributed by atoms with Crippen molar-refractivity contribution in [2.75, 3.05) is 37.7 Å². The topological polar surface area (TPSA) is 60.9 Å². The van der Waals surface area contributed by atoms with E-state index in [1.54, 1.807) is 0 Å². The summed E-state index contributed by atoms with van der Waals surface area (Å²) >= 11 is 0. The number of sulfone groups is 1. The van der Waals surface area contributed by atoms with Crippen LogP contribution in [0, 0.1) is 0 Å². The van der Waals surface area contributed by atoms with Gasteiger partial charge in [-0.05, 0) is 17.0 Å². The molecule has 0 spiro atoms. The second kappa shape index (κ2) is 7.12. The predicted octanol–water partition coefficient (Wildman–Crippen LogP) is 1.09. The van der Waals surface area contributed by atoms with Gasteiger partial charge in [0.15, 0.2) is 9.84 Å². The van der Waals surface area contributed by atoms with Crippen LogP contribution in [0.2, 0.25) is 0 Å². The molecule has 6 heteroatoms. The number of aliphatic hydroxyl groups is 1. The van der Waals surface area contributed by atoms with Crippen LogP contribution in [0.5, 0.6) is 0 Å². The van der Waals surface area contributed by atoms with Gasteiger partial charge in [0.1, 0.15) is 0 Å². The van der Waals surface area contributed by atoms with Gasteiger partial charge in [-0.2, -0.15) is 0 Å². The molecule has 24 heavy (non-hydrogen) atoms. The summed E-state index contributed by atoms with van der Waals surface area (Å²) in [6, 6.07) is 8.60. The molecule has 0 unspecified atom stereocenters. The lowest BCUT2D eigenvalue weighted by molar-refractivity contribution is 0.0424. The van der Waals surface area contributed by atoms with Gasteiger partial charge in [0.25, 0.3) is 0 Å². The van der Waals surface area contributed by atoms with Gasteiger partial charge in [-0.1, -0.05) is 38.1 Å². The second-order valence-electron chi connectivity index (χ2n) is 7.42. The second-order valence-corrected chi connectivity index (χ2v) is 9.57. The highest BCUT2D eigenvalue weighted by Crippen LogP contribution is 2.21. The molecule has 2 aliphatic heterocycles. The zero-order valence-electron chi connectivity index (χ0n) is 14.6. The maximum absolute atomic E-state index is 11.7. The molecule has 0 aliphatic carbocycles. The Hall–Kier alpha value is -0.950. The molecule has 0 saturated carbocycles. The minimum absolute atomic E-state index is 0.0833. The van der Waals surface area contributed by atoms with Crippen LogP contribution in [0.1, 0.15) is 30.9 Å². The van der Waals surface area contributed by atoms with E-state index in [2.05, 4.69) is 47.9 Å². The molecule has 134 valence electrons. The van der Waals surface area contributed by atoms with Crippen molar-refractivity contribution in [3.05, 3.63) is 35.4 Å². The molecule has 0 radical (unpaired) electrons. The molecule has 1 aromatic carbocycles. The maximum atomic E-state index is 11.7. The Morgan fingerprint density at radius 2 is 1.71 bits per heavy atom. The van der Waals surface area contributed by atoms with Crippen molar-refractivity contribution < 1.29 is 13.5 Å². The minimum Gasteiger partial charge on any atom is -0.390 e. The van der Waals surface area contributed by atoms with Crippen LogP contribution in [0.15, 0.2) is 24.3 Å². The van der Waals surface area contributed by atoms with Gasteiger partial charge >= 0.3 is 0 Å². The lowest BCUT2D eigenvalue weighted by Crippen LogP contribution is -2.53. The van der Waals surface area contributed by atoms with Crippen LogP contribution in [-0.2, 0) is 16.4 Å². The summed E-state index contributed by atoms with van der Waals surface area (Å²) in [6.07, 6.45) is -0.731. The van der Waals surface area contributed by atoms with E-state index in [1.807, 2.05) is 0 Å². The standard InChI is InChI=1S/C18H28N2O3S/c1-14(2)16-5-3-15(4-6-16)11-19-7-9-20(10-8-19)17-12-24(22,23)13-18(17)21/h3-6,14,17-18,21H,7-13H2,1-2H3/t17-,18+/m1/s1. The summed E-state index contributed by atoms with van der Waals surface area (Å²) in [7, 11) is -3.07. The average Bonchev–Trinajstić information content (AvgIpc) is 2.81. The third kappa shape index (κ3) is 4.17. The van der Waals surface area contributed by atoms with Crippen molar-refractivity contribution >= 4 is 9.84 Å². The van der Waals surface area contributed by atoms with Gasteiger partial charge in [0, 0.05) is 32.7 Å². The van der Waals surface area contributed by atoms with Crippen LogP contribution < -0.4 is 0 Å². The van der Waals surface area contributed by atoms with Crippen molar-refractivity contribution in [2.24, 2.45) is 0 Å². The molecule has 2 atom stereocenters. The van der Waals surface area contributed by atoms with E-state index < -0.39 is 15.9 Å². The van der Waals surface area contributed by atoms with E-state index in [9.17, 15) is 13.5 Å². The number of hydrogen-bond donors (Lipinski definition) is 1. The third-order valence-corrected chi connectivity index (χ3v) is 6.92. The molecular formula is C18H28N2O3S. The molecule has 2 heterocycles. The minimum atomic E-state index is -3.07. The van der Waals surface area contributed by atoms with E-state index in [-0.39, 0.29) is 17.5 Å². The quantitative estimate of drug-likeness (QED) is 0.879. The Labute approximate surface area is 145 Å². The fourth-order valence-electron chi connectivity index (χ4n) is 3.68. The fraction of sp³-hybridized carbons (Fsp3) is 0.667. The summed E-state index contributed by atoms with van der Waals surface area (Å²) in [4.78, 5) is 4.55. The average molecular weight is 353 g/mol. The zero-order valence-corrected chi connectivity index (χ0v) is 15.4. The molecule has 3 rings (SSSR count). The van der Waals surface area contributed by atoms with E-state index in [0.717, 1.165) is 32.7 Å². The number of hydrogen-bond acceptors (Lipinski definition) is 5. The Bertz CT molecular complexity index is 649. The molecule has 0 aromatic heterocycles. The van der Waals surface area contributed by atoms with Crippen LogP contribution in [0.3, 0.4) is 0 Å². The van der Waals surface area contributed by atoms with Gasteiger partial charge < -0.3 is 5.11 Å². The monoisotopic (exact) mass is 352 g/mol. The van der Waals surface area contributed by atoms with Crippen molar-refractivity contribution in [1.29, 1.82) is 0 Å². The zero-order chi connectivity index (χ0) is 17.3. The molecule has 0 bridgehead atoms. The van der Waals surface area contributed by atoms with Gasteiger partial charge in [-0.25, -0.2) is 8.42 Å². The smallest absolute Gasteiger partial charge is 0.154 e. The highest BCUT2D eigenvalue weighted by atomic mass is 32.2. The highest BCUT2D eigenvalue weighted by molar-refractivity contribution is 7.91. The van der Waals surface area contributed by atoms with Crippen molar-refractivity contribution in [1.82, 2.24) is 9.80 Å². The summed E-state index contributed by atoms with van der Waals surface area (Å²) < 4.78 is 23.4. The Morgan fingerprint density at radius 1 is 1.08 bits per heavy atom. The Morgan fingerprint density at radius 3 is 2.21 bits per heavy atom. The lowest BCUT2D eigenvalue weighted by atomic mass is 10.0. The number of rotatable bonds is 4. The molecular weight excluding hydrogens is 324 g/mol.